The van der Waals surface area contributed by atoms with Crippen LogP contribution in [0.4, 0.5) is 0 Å². The zero-order chi connectivity index (χ0) is 23.2. The molecular weight excluding hydrogens is 422 g/mol. The van der Waals surface area contributed by atoms with Gasteiger partial charge in [0.05, 0.1) is 7.11 Å². The number of amides is 1. The van der Waals surface area contributed by atoms with E-state index in [2.05, 4.69) is 5.32 Å². The van der Waals surface area contributed by atoms with E-state index in [1.165, 1.54) is 7.11 Å². The number of esters is 2. The summed E-state index contributed by atoms with van der Waals surface area (Å²) >= 11 is 0. The maximum atomic E-state index is 13.0. The Labute approximate surface area is 191 Å². The van der Waals surface area contributed by atoms with Crippen LogP contribution in [0.2, 0.25) is 0 Å². The number of nitrogens with one attached hydrogen (secondary N) is 1. The van der Waals surface area contributed by atoms with Gasteiger partial charge in [0.2, 0.25) is 0 Å². The highest BCUT2D eigenvalue weighted by Crippen LogP contribution is 2.44. The molecule has 4 rings (SSSR count). The standard InChI is InChI=1S/C26H23NO6/c1-31-25(29)20(15-17-9-3-2-4-10-17)27-23(28)16-32-26(30)24-18-11-5-7-13-21(18)33-22-14-8-6-12-19(22)24/h2-14,20,24H,15-16H2,1H3,(H,27,28). The molecule has 0 radical (unpaired) electrons. The van der Waals surface area contributed by atoms with E-state index in [0.29, 0.717) is 22.6 Å². The average Bonchev–Trinajstić information content (AvgIpc) is 2.85. The van der Waals surface area contributed by atoms with Gasteiger partial charge in [-0.3, -0.25) is 9.59 Å². The highest BCUT2D eigenvalue weighted by atomic mass is 16.5. The molecule has 7 nitrogen and oxygen atoms in total. The molecular formula is C26H23NO6. The summed E-state index contributed by atoms with van der Waals surface area (Å²) in [4.78, 5) is 37.7. The van der Waals surface area contributed by atoms with Crippen LogP contribution >= 0.6 is 0 Å². The zero-order valence-electron chi connectivity index (χ0n) is 18.0. The monoisotopic (exact) mass is 445 g/mol. The first-order valence-electron chi connectivity index (χ1n) is 10.5. The number of methoxy groups -OCH3 is 1. The Kier molecular flexibility index (Phi) is 6.69. The molecule has 0 aliphatic carbocycles. The summed E-state index contributed by atoms with van der Waals surface area (Å²) in [7, 11) is 1.26. The van der Waals surface area contributed by atoms with Gasteiger partial charge in [-0.2, -0.15) is 0 Å². The number of hydrogen-bond donors (Lipinski definition) is 1. The molecule has 0 saturated carbocycles. The summed E-state index contributed by atoms with van der Waals surface area (Å²) in [5.74, 6) is -1.34. The fourth-order valence-electron chi connectivity index (χ4n) is 3.81. The van der Waals surface area contributed by atoms with E-state index >= 15 is 0 Å². The largest absolute Gasteiger partial charge is 0.467 e. The Morgan fingerprint density at radius 1 is 0.879 bits per heavy atom. The molecule has 1 aliphatic rings. The van der Waals surface area contributed by atoms with Crippen molar-refractivity contribution in [1.29, 1.82) is 0 Å². The number of carbonyl (C=O) groups is 3. The molecule has 1 amide bonds. The van der Waals surface area contributed by atoms with E-state index in [1.807, 2.05) is 54.6 Å². The number of rotatable bonds is 7. The van der Waals surface area contributed by atoms with Crippen LogP contribution in [0.25, 0.3) is 0 Å². The second-order valence-electron chi connectivity index (χ2n) is 7.55. The second-order valence-corrected chi connectivity index (χ2v) is 7.55. The predicted molar refractivity (Wildman–Crippen MR) is 120 cm³/mol. The highest BCUT2D eigenvalue weighted by molar-refractivity contribution is 5.89. The van der Waals surface area contributed by atoms with Crippen LogP contribution in [0.1, 0.15) is 22.6 Å². The third kappa shape index (κ3) is 5.03. The first-order valence-corrected chi connectivity index (χ1v) is 10.5. The lowest BCUT2D eigenvalue weighted by molar-refractivity contribution is -0.150. The van der Waals surface area contributed by atoms with Gasteiger partial charge in [-0.15, -0.1) is 0 Å². The molecule has 0 spiro atoms. The molecule has 33 heavy (non-hydrogen) atoms. The van der Waals surface area contributed by atoms with E-state index in [0.717, 1.165) is 5.56 Å². The summed E-state index contributed by atoms with van der Waals surface area (Å²) in [5, 5.41) is 2.60. The van der Waals surface area contributed by atoms with E-state index in [-0.39, 0.29) is 6.42 Å². The topological polar surface area (TPSA) is 90.9 Å². The van der Waals surface area contributed by atoms with Gasteiger partial charge >= 0.3 is 11.9 Å². The van der Waals surface area contributed by atoms with Crippen molar-refractivity contribution >= 4 is 17.8 Å². The summed E-state index contributed by atoms with van der Waals surface area (Å²) in [6.45, 7) is -0.525. The normalized spacial score (nSPS) is 13.0. The van der Waals surface area contributed by atoms with Crippen molar-refractivity contribution in [2.24, 2.45) is 0 Å². The van der Waals surface area contributed by atoms with E-state index in [9.17, 15) is 14.4 Å². The minimum absolute atomic E-state index is 0.258. The van der Waals surface area contributed by atoms with Crippen molar-refractivity contribution in [3.05, 3.63) is 95.6 Å². The second kappa shape index (κ2) is 9.99. The molecule has 0 fully saturated rings. The van der Waals surface area contributed by atoms with Crippen LogP contribution in [-0.4, -0.2) is 37.6 Å². The molecule has 1 atom stereocenters. The molecule has 168 valence electrons. The SMILES string of the molecule is COC(=O)C(Cc1ccccc1)NC(=O)COC(=O)C1c2ccccc2Oc2ccccc21. The maximum absolute atomic E-state index is 13.0. The van der Waals surface area contributed by atoms with Crippen LogP contribution in [0, 0.1) is 0 Å². The summed E-state index contributed by atoms with van der Waals surface area (Å²) in [5.41, 5.74) is 2.19. The minimum atomic E-state index is -0.895. The van der Waals surface area contributed by atoms with Crippen molar-refractivity contribution in [2.45, 2.75) is 18.4 Å². The lowest BCUT2D eigenvalue weighted by Gasteiger charge is -2.26. The van der Waals surface area contributed by atoms with Gasteiger partial charge in [0.1, 0.15) is 23.5 Å². The van der Waals surface area contributed by atoms with E-state index < -0.39 is 36.4 Å². The number of benzene rings is 3. The van der Waals surface area contributed by atoms with Crippen LogP contribution in [0.15, 0.2) is 78.9 Å². The number of ether oxygens (including phenoxy) is 3. The minimum Gasteiger partial charge on any atom is -0.467 e. The lowest BCUT2D eigenvalue weighted by Crippen LogP contribution is -2.44. The van der Waals surface area contributed by atoms with Crippen molar-refractivity contribution in [2.75, 3.05) is 13.7 Å². The van der Waals surface area contributed by atoms with Crippen LogP contribution < -0.4 is 10.1 Å². The summed E-state index contributed by atoms with van der Waals surface area (Å²) < 4.78 is 16.1. The molecule has 1 aliphatic heterocycles. The fourth-order valence-corrected chi connectivity index (χ4v) is 3.81. The van der Waals surface area contributed by atoms with Crippen LogP contribution in [0.3, 0.4) is 0 Å². The molecule has 7 heteroatoms. The summed E-state index contributed by atoms with van der Waals surface area (Å²) in [6, 6.07) is 22.8. The van der Waals surface area contributed by atoms with Gasteiger partial charge in [0.15, 0.2) is 6.61 Å². The smallest absolute Gasteiger partial charge is 0.328 e. The predicted octanol–water partition coefficient (Wildman–Crippen LogP) is 3.37. The molecule has 1 heterocycles. The quantitative estimate of drug-likeness (QED) is 0.561. The molecule has 1 unspecified atom stereocenters. The van der Waals surface area contributed by atoms with E-state index in [1.54, 1.807) is 24.3 Å². The Morgan fingerprint density at radius 2 is 1.45 bits per heavy atom. The van der Waals surface area contributed by atoms with Crippen LogP contribution in [0.5, 0.6) is 11.5 Å². The van der Waals surface area contributed by atoms with Crippen molar-refractivity contribution in [3.63, 3.8) is 0 Å². The third-order valence-corrected chi connectivity index (χ3v) is 5.36. The Morgan fingerprint density at radius 3 is 2.06 bits per heavy atom. The van der Waals surface area contributed by atoms with Crippen molar-refractivity contribution < 1.29 is 28.6 Å². The number of hydrogen-bond acceptors (Lipinski definition) is 6. The number of fused-ring (bicyclic) bond motifs is 2. The van der Waals surface area contributed by atoms with Gasteiger partial charge in [0, 0.05) is 17.5 Å². The molecule has 3 aromatic rings. The Bertz CT molecular complexity index is 1110. The molecule has 0 bridgehead atoms. The fraction of sp³-hybridized carbons (Fsp3) is 0.192. The van der Waals surface area contributed by atoms with Gasteiger partial charge in [0.25, 0.3) is 5.91 Å². The van der Waals surface area contributed by atoms with Gasteiger partial charge in [-0.1, -0.05) is 66.7 Å². The number of para-hydroxylation sites is 2. The highest BCUT2D eigenvalue weighted by Gasteiger charge is 2.34. The Balaban J connectivity index is 1.44. The summed E-state index contributed by atoms with van der Waals surface area (Å²) in [6.07, 6.45) is 0.258. The zero-order valence-corrected chi connectivity index (χ0v) is 18.0. The maximum Gasteiger partial charge on any atom is 0.328 e. The first kappa shape index (κ1) is 22.1. The van der Waals surface area contributed by atoms with Crippen LogP contribution in [-0.2, 0) is 30.3 Å². The molecule has 0 saturated heterocycles. The van der Waals surface area contributed by atoms with Gasteiger partial charge in [-0.25, -0.2) is 4.79 Å². The van der Waals surface area contributed by atoms with Gasteiger partial charge in [-0.05, 0) is 17.7 Å². The first-order chi connectivity index (χ1) is 16.1. The number of carbonyl (C=O) groups excluding carboxylic acids is 3. The molecule has 0 aromatic heterocycles. The Hall–Kier alpha value is -4.13. The van der Waals surface area contributed by atoms with E-state index in [4.69, 9.17) is 14.2 Å². The lowest BCUT2D eigenvalue weighted by atomic mass is 9.88. The van der Waals surface area contributed by atoms with Crippen molar-refractivity contribution in [1.82, 2.24) is 5.32 Å². The van der Waals surface area contributed by atoms with Gasteiger partial charge < -0.3 is 19.5 Å². The molecule has 1 N–H and O–H groups in total. The van der Waals surface area contributed by atoms with Crippen molar-refractivity contribution in [3.8, 4) is 11.5 Å². The molecule has 3 aromatic carbocycles. The third-order valence-electron chi connectivity index (χ3n) is 5.36. The average molecular weight is 445 g/mol.